The first-order chi connectivity index (χ1) is 10.8. The van der Waals surface area contributed by atoms with E-state index in [4.69, 9.17) is 10.5 Å². The Kier molecular flexibility index (Phi) is 5.69. The lowest BCUT2D eigenvalue weighted by Crippen LogP contribution is -2.46. The van der Waals surface area contributed by atoms with Gasteiger partial charge in [-0.25, -0.2) is 0 Å². The number of carbonyl (C=O) groups excluding carboxylic acids is 1. The first kappa shape index (κ1) is 17.8. The third-order valence-corrected chi connectivity index (χ3v) is 4.60. The fraction of sp³-hybridized carbons (Fsp3) is 0.632. The highest BCUT2D eigenvalue weighted by atomic mass is 16.5. The van der Waals surface area contributed by atoms with Crippen molar-refractivity contribution in [2.24, 2.45) is 11.7 Å². The maximum atomic E-state index is 12.5. The lowest BCUT2D eigenvalue weighted by Gasteiger charge is -2.34. The van der Waals surface area contributed by atoms with Crippen molar-refractivity contribution >= 4 is 5.91 Å². The van der Waals surface area contributed by atoms with Crippen LogP contribution in [0, 0.1) is 5.92 Å². The topological polar surface area (TPSA) is 55.6 Å². The number of carbonyl (C=O) groups is 1. The standard InChI is InChI=1S/C19H30N2O2/c1-14(20)15-8-7-11-21(12-15)18(22)13-23-17-10-6-5-9-16(17)19(2,3)4/h5-6,9-10,14-15H,7-8,11-13,20H2,1-4H3/t14-,15+/m1/s1. The minimum Gasteiger partial charge on any atom is -0.483 e. The molecule has 1 fully saturated rings. The Morgan fingerprint density at radius 3 is 2.74 bits per heavy atom. The van der Waals surface area contributed by atoms with Crippen LogP contribution in [0.3, 0.4) is 0 Å². The largest absolute Gasteiger partial charge is 0.483 e. The Hall–Kier alpha value is -1.55. The molecule has 2 rings (SSSR count). The van der Waals surface area contributed by atoms with Gasteiger partial charge in [-0.3, -0.25) is 4.79 Å². The van der Waals surface area contributed by atoms with Gasteiger partial charge in [0.15, 0.2) is 6.61 Å². The molecule has 2 N–H and O–H groups in total. The molecular weight excluding hydrogens is 288 g/mol. The summed E-state index contributed by atoms with van der Waals surface area (Å²) in [6.45, 7) is 10.1. The molecule has 4 nitrogen and oxygen atoms in total. The molecule has 1 aromatic carbocycles. The average molecular weight is 318 g/mol. The zero-order chi connectivity index (χ0) is 17.0. The van der Waals surface area contributed by atoms with E-state index in [1.807, 2.05) is 30.0 Å². The van der Waals surface area contributed by atoms with Crippen molar-refractivity contribution in [2.45, 2.75) is 52.0 Å². The maximum Gasteiger partial charge on any atom is 0.260 e. The minimum absolute atomic E-state index is 0.00909. The van der Waals surface area contributed by atoms with Gasteiger partial charge in [0, 0.05) is 19.1 Å². The molecule has 1 aromatic rings. The third-order valence-electron chi connectivity index (χ3n) is 4.60. The van der Waals surface area contributed by atoms with Crippen LogP contribution >= 0.6 is 0 Å². The predicted octanol–water partition coefficient (Wildman–Crippen LogP) is 2.95. The van der Waals surface area contributed by atoms with Crippen molar-refractivity contribution in [1.82, 2.24) is 4.90 Å². The van der Waals surface area contributed by atoms with Gasteiger partial charge >= 0.3 is 0 Å². The Morgan fingerprint density at radius 1 is 1.39 bits per heavy atom. The highest BCUT2D eigenvalue weighted by Gasteiger charge is 2.26. The molecule has 1 heterocycles. The normalized spacial score (nSPS) is 20.2. The van der Waals surface area contributed by atoms with Crippen molar-refractivity contribution in [2.75, 3.05) is 19.7 Å². The number of ether oxygens (including phenoxy) is 1. The van der Waals surface area contributed by atoms with Gasteiger partial charge < -0.3 is 15.4 Å². The second-order valence-corrected chi connectivity index (χ2v) is 7.64. The summed E-state index contributed by atoms with van der Waals surface area (Å²) in [5.41, 5.74) is 7.11. The second kappa shape index (κ2) is 7.35. The van der Waals surface area contributed by atoms with Gasteiger partial charge in [-0.15, -0.1) is 0 Å². The van der Waals surface area contributed by atoms with Crippen molar-refractivity contribution in [3.05, 3.63) is 29.8 Å². The quantitative estimate of drug-likeness (QED) is 0.928. The number of benzene rings is 1. The highest BCUT2D eigenvalue weighted by molar-refractivity contribution is 5.78. The van der Waals surface area contributed by atoms with E-state index in [-0.39, 0.29) is 24.0 Å². The summed E-state index contributed by atoms with van der Waals surface area (Å²) in [6.07, 6.45) is 2.13. The molecule has 0 bridgehead atoms. The minimum atomic E-state index is -0.00909. The second-order valence-electron chi connectivity index (χ2n) is 7.64. The van der Waals surface area contributed by atoms with E-state index in [1.165, 1.54) is 0 Å². The molecule has 0 spiro atoms. The number of hydrogen-bond acceptors (Lipinski definition) is 3. The van der Waals surface area contributed by atoms with Gasteiger partial charge in [0.1, 0.15) is 5.75 Å². The Morgan fingerprint density at radius 2 is 2.09 bits per heavy atom. The number of amides is 1. The molecule has 0 radical (unpaired) electrons. The molecule has 1 aliphatic heterocycles. The van der Waals surface area contributed by atoms with Crippen LogP contribution in [0.15, 0.2) is 24.3 Å². The van der Waals surface area contributed by atoms with E-state index in [0.29, 0.717) is 5.92 Å². The number of nitrogens with two attached hydrogens (primary N) is 1. The van der Waals surface area contributed by atoms with Crippen LogP contribution in [0.2, 0.25) is 0 Å². The van der Waals surface area contributed by atoms with E-state index in [0.717, 1.165) is 37.2 Å². The fourth-order valence-corrected chi connectivity index (χ4v) is 3.11. The zero-order valence-electron chi connectivity index (χ0n) is 14.8. The summed E-state index contributed by atoms with van der Waals surface area (Å²) in [5, 5.41) is 0. The van der Waals surface area contributed by atoms with Crippen LogP contribution < -0.4 is 10.5 Å². The zero-order valence-corrected chi connectivity index (χ0v) is 14.8. The molecule has 0 aromatic heterocycles. The number of hydrogen-bond donors (Lipinski definition) is 1. The van der Waals surface area contributed by atoms with Crippen molar-refractivity contribution in [1.29, 1.82) is 0 Å². The van der Waals surface area contributed by atoms with Gasteiger partial charge in [-0.2, -0.15) is 0 Å². The van der Waals surface area contributed by atoms with E-state index >= 15 is 0 Å². The van der Waals surface area contributed by atoms with Crippen LogP contribution in [0.5, 0.6) is 5.75 Å². The number of nitrogens with zero attached hydrogens (tertiary/aromatic N) is 1. The van der Waals surface area contributed by atoms with Crippen LogP contribution in [-0.4, -0.2) is 36.5 Å². The lowest BCUT2D eigenvalue weighted by atomic mass is 9.86. The van der Waals surface area contributed by atoms with Crippen LogP contribution in [0.4, 0.5) is 0 Å². The van der Waals surface area contributed by atoms with Crippen LogP contribution in [0.25, 0.3) is 0 Å². The molecule has 0 unspecified atom stereocenters. The molecule has 1 aliphatic rings. The van der Waals surface area contributed by atoms with E-state index in [2.05, 4.69) is 26.8 Å². The Balaban J connectivity index is 1.97. The highest BCUT2D eigenvalue weighted by Crippen LogP contribution is 2.31. The smallest absolute Gasteiger partial charge is 0.260 e. The SMILES string of the molecule is C[C@@H](N)[C@H]1CCCN(C(=O)COc2ccccc2C(C)(C)C)C1. The van der Waals surface area contributed by atoms with Gasteiger partial charge in [0.25, 0.3) is 5.91 Å². The van der Waals surface area contributed by atoms with E-state index in [1.54, 1.807) is 0 Å². The number of para-hydroxylation sites is 1. The van der Waals surface area contributed by atoms with Crippen LogP contribution in [0.1, 0.15) is 46.1 Å². The van der Waals surface area contributed by atoms with Crippen molar-refractivity contribution in [3.63, 3.8) is 0 Å². The van der Waals surface area contributed by atoms with E-state index < -0.39 is 0 Å². The van der Waals surface area contributed by atoms with Crippen molar-refractivity contribution < 1.29 is 9.53 Å². The molecule has 1 amide bonds. The van der Waals surface area contributed by atoms with Crippen molar-refractivity contribution in [3.8, 4) is 5.75 Å². The Bertz CT molecular complexity index is 534. The number of rotatable bonds is 4. The molecule has 0 saturated carbocycles. The molecule has 4 heteroatoms. The summed E-state index contributed by atoms with van der Waals surface area (Å²) in [4.78, 5) is 14.4. The Labute approximate surface area is 140 Å². The summed E-state index contributed by atoms with van der Waals surface area (Å²) in [6, 6.07) is 8.09. The average Bonchev–Trinajstić information content (AvgIpc) is 2.52. The molecule has 1 saturated heterocycles. The maximum absolute atomic E-state index is 12.5. The lowest BCUT2D eigenvalue weighted by molar-refractivity contribution is -0.135. The summed E-state index contributed by atoms with van der Waals surface area (Å²) < 4.78 is 5.85. The summed E-state index contributed by atoms with van der Waals surface area (Å²) in [7, 11) is 0. The number of likely N-dealkylation sites (tertiary alicyclic amines) is 1. The first-order valence-electron chi connectivity index (χ1n) is 8.54. The van der Waals surface area contributed by atoms with Crippen LogP contribution in [-0.2, 0) is 10.2 Å². The van der Waals surface area contributed by atoms with Gasteiger partial charge in [-0.05, 0) is 42.7 Å². The molecule has 2 atom stereocenters. The summed E-state index contributed by atoms with van der Waals surface area (Å²) >= 11 is 0. The van der Waals surface area contributed by atoms with Gasteiger partial charge in [-0.1, -0.05) is 39.0 Å². The first-order valence-corrected chi connectivity index (χ1v) is 8.54. The summed E-state index contributed by atoms with van der Waals surface area (Å²) in [5.74, 6) is 1.25. The van der Waals surface area contributed by atoms with Gasteiger partial charge in [0.05, 0.1) is 0 Å². The monoisotopic (exact) mass is 318 g/mol. The molecule has 23 heavy (non-hydrogen) atoms. The third kappa shape index (κ3) is 4.71. The number of piperidine rings is 1. The fourth-order valence-electron chi connectivity index (χ4n) is 3.11. The molecular formula is C19H30N2O2. The predicted molar refractivity (Wildman–Crippen MR) is 93.6 cm³/mol. The van der Waals surface area contributed by atoms with Gasteiger partial charge in [0.2, 0.25) is 0 Å². The van der Waals surface area contributed by atoms with E-state index in [9.17, 15) is 4.79 Å². The molecule has 128 valence electrons. The molecule has 0 aliphatic carbocycles.